The van der Waals surface area contributed by atoms with E-state index >= 15 is 0 Å². The topological polar surface area (TPSA) is 19.6 Å². The Morgan fingerprint density at radius 3 is 1.17 bits per heavy atom. The highest BCUT2D eigenvalue weighted by atomic mass is 32.1. The van der Waals surface area contributed by atoms with Gasteiger partial charge in [-0.25, -0.2) is 0 Å². The van der Waals surface area contributed by atoms with Crippen LogP contribution in [0.15, 0.2) is 417 Å². The summed E-state index contributed by atoms with van der Waals surface area (Å²) < 4.78 is 9.82. The molecule has 24 rings (SSSR count). The Hall–Kier alpha value is -14.4. The molecule has 0 saturated carbocycles. The Labute approximate surface area is 703 Å². The largest absolute Gasteiger partial charge is 0.455 e. The van der Waals surface area contributed by atoms with Crippen LogP contribution in [0, 0.1) is 0 Å². The van der Waals surface area contributed by atoms with Crippen LogP contribution in [0.25, 0.3) is 120 Å². The zero-order chi connectivity index (χ0) is 79.7. The van der Waals surface area contributed by atoms with Crippen LogP contribution >= 0.6 is 11.3 Å². The molecule has 4 aliphatic rings. The first-order valence-corrected chi connectivity index (χ1v) is 42.7. The summed E-state index contributed by atoms with van der Waals surface area (Å²) >= 11 is 1.86. The zero-order valence-electron chi connectivity index (χ0n) is 67.0. The molecule has 2 aromatic heterocycles. The smallest absolute Gasteiger partial charge is 0.143 e. The van der Waals surface area contributed by atoms with Gasteiger partial charge in [0.2, 0.25) is 0 Å². The molecular weight excluding hydrogens is 1470 g/mol. The van der Waals surface area contributed by atoms with Gasteiger partial charge in [-0.2, -0.15) is 0 Å². The lowest BCUT2D eigenvalue weighted by Gasteiger charge is -2.35. The predicted molar refractivity (Wildman–Crippen MR) is 502 cm³/mol. The minimum Gasteiger partial charge on any atom is -0.455 e. The van der Waals surface area contributed by atoms with Crippen LogP contribution in [0.4, 0.5) is 34.1 Å². The standard InChI is InChI=1S/C116H80N2OS/c1-113(2)101-49-22-17-42-88(101)91-59-55-83(69-104(91)113)118(86-57-61-93-90-44-19-24-51-103(90)116(107(93)72-86,79-36-13-7-14-37-79)80-38-15-8-16-39-80)82-41-28-31-75(65-82)98-67-76(68-100-95-45-20-25-52-108(95)119-112(98)100)87-47-29-48-97-94-62-58-84(70-105(94)114(3,4)111(87)97)117(81-40-27-30-73(64-81)74-54-63-110-99(66-74)96-46-21-26-53-109(96)120-110)85-56-60-92-89-43-18-23-50-102(89)115(106(92)71-85,77-32-9-5-10-33-77)78-34-11-6-12-35-78/h5-72H,1-4H3. The third kappa shape index (κ3) is 10.2. The number of fused-ring (bicyclic) bond motifs is 18. The van der Waals surface area contributed by atoms with Gasteiger partial charge in [0, 0.05) is 81.5 Å². The lowest BCUT2D eigenvalue weighted by Crippen LogP contribution is -2.28. The van der Waals surface area contributed by atoms with Gasteiger partial charge in [0.1, 0.15) is 11.2 Å². The molecule has 0 spiro atoms. The van der Waals surface area contributed by atoms with Gasteiger partial charge < -0.3 is 14.2 Å². The van der Waals surface area contributed by atoms with Crippen molar-refractivity contribution in [3.63, 3.8) is 0 Å². The summed E-state index contributed by atoms with van der Waals surface area (Å²) in [7, 11) is 0. The van der Waals surface area contributed by atoms with Crippen LogP contribution in [0.2, 0.25) is 0 Å². The van der Waals surface area contributed by atoms with Crippen LogP contribution in [0.3, 0.4) is 0 Å². The summed E-state index contributed by atoms with van der Waals surface area (Å²) in [5.41, 5.74) is 38.3. The molecule has 0 bridgehead atoms. The number of benzene rings is 18. The van der Waals surface area contributed by atoms with Crippen molar-refractivity contribution >= 4 is 87.6 Å². The van der Waals surface area contributed by atoms with E-state index < -0.39 is 16.2 Å². The van der Waals surface area contributed by atoms with Crippen LogP contribution in [0.5, 0.6) is 0 Å². The molecule has 0 aliphatic heterocycles. The molecule has 4 heteroatoms. The first-order chi connectivity index (χ1) is 59.0. The van der Waals surface area contributed by atoms with E-state index in [0.29, 0.717) is 0 Å². The highest BCUT2D eigenvalue weighted by Gasteiger charge is 2.49. The van der Waals surface area contributed by atoms with Crippen molar-refractivity contribution in [1.29, 1.82) is 0 Å². The van der Waals surface area contributed by atoms with Crippen molar-refractivity contribution < 1.29 is 4.42 Å². The molecular formula is C116H80N2OS. The average Bonchev–Trinajstić information content (AvgIpc) is 1.51. The van der Waals surface area contributed by atoms with Gasteiger partial charge in [0.05, 0.1) is 10.8 Å². The fourth-order valence-corrected chi connectivity index (χ4v) is 22.9. The van der Waals surface area contributed by atoms with Crippen molar-refractivity contribution in [2.45, 2.75) is 49.4 Å². The van der Waals surface area contributed by atoms with Crippen LogP contribution in [-0.4, -0.2) is 0 Å². The Morgan fingerprint density at radius 2 is 0.600 bits per heavy atom. The molecule has 0 fully saturated rings. The minimum atomic E-state index is -0.607. The average molecular weight is 1550 g/mol. The number of anilines is 6. The molecule has 0 amide bonds. The molecule has 20 aromatic rings. The van der Waals surface area contributed by atoms with Gasteiger partial charge in [0.25, 0.3) is 0 Å². The van der Waals surface area contributed by atoms with Crippen molar-refractivity contribution in [2.75, 3.05) is 9.80 Å². The van der Waals surface area contributed by atoms with Crippen molar-refractivity contribution in [3.8, 4) is 77.9 Å². The van der Waals surface area contributed by atoms with Crippen LogP contribution in [0.1, 0.15) is 94.5 Å². The first kappa shape index (κ1) is 69.8. The van der Waals surface area contributed by atoms with Gasteiger partial charge in [-0.05, 0) is 248 Å². The Kier molecular flexibility index (Phi) is 15.5. The van der Waals surface area contributed by atoms with Gasteiger partial charge in [-0.1, -0.05) is 331 Å². The highest BCUT2D eigenvalue weighted by Crippen LogP contribution is 2.62. The quantitative estimate of drug-likeness (QED) is 0.115. The first-order valence-electron chi connectivity index (χ1n) is 41.9. The molecule has 566 valence electrons. The predicted octanol–water partition coefficient (Wildman–Crippen LogP) is 31.2. The summed E-state index contributed by atoms with van der Waals surface area (Å²) in [6.45, 7) is 9.67. The highest BCUT2D eigenvalue weighted by molar-refractivity contribution is 7.25. The second kappa shape index (κ2) is 26.5. The summed E-state index contributed by atoms with van der Waals surface area (Å²) in [5, 5.41) is 4.74. The summed E-state index contributed by atoms with van der Waals surface area (Å²) in [6.07, 6.45) is 0. The van der Waals surface area contributed by atoms with Crippen LogP contribution < -0.4 is 9.80 Å². The number of thiophene rings is 1. The fraction of sp³-hybridized carbons (Fsp3) is 0.0690. The van der Waals surface area contributed by atoms with Gasteiger partial charge in [-0.15, -0.1) is 11.3 Å². The molecule has 0 unspecified atom stereocenters. The maximum absolute atomic E-state index is 7.22. The monoisotopic (exact) mass is 1550 g/mol. The normalized spacial score (nSPS) is 14.3. The molecule has 0 N–H and O–H groups in total. The van der Waals surface area contributed by atoms with E-state index in [1.165, 1.54) is 143 Å². The van der Waals surface area contributed by atoms with E-state index in [1.54, 1.807) is 0 Å². The van der Waals surface area contributed by atoms with E-state index in [2.05, 4.69) is 450 Å². The Balaban J connectivity index is 0.670. The lowest BCUT2D eigenvalue weighted by atomic mass is 9.67. The molecule has 0 atom stereocenters. The Bertz CT molecular complexity index is 7530. The minimum absolute atomic E-state index is 0.241. The van der Waals surface area contributed by atoms with E-state index in [-0.39, 0.29) is 5.41 Å². The van der Waals surface area contributed by atoms with E-state index in [1.807, 2.05) is 11.3 Å². The number of hydrogen-bond donors (Lipinski definition) is 0. The molecule has 2 heterocycles. The number of furan rings is 1. The van der Waals surface area contributed by atoms with E-state index in [4.69, 9.17) is 4.42 Å². The summed E-state index contributed by atoms with van der Waals surface area (Å²) in [5.74, 6) is 0. The number of hydrogen-bond acceptors (Lipinski definition) is 4. The Morgan fingerprint density at radius 1 is 0.217 bits per heavy atom. The van der Waals surface area contributed by atoms with E-state index in [0.717, 1.165) is 78.3 Å². The lowest BCUT2D eigenvalue weighted by molar-refractivity contribution is 0.660. The van der Waals surface area contributed by atoms with Gasteiger partial charge >= 0.3 is 0 Å². The van der Waals surface area contributed by atoms with Crippen LogP contribution in [-0.2, 0) is 21.7 Å². The van der Waals surface area contributed by atoms with Crippen molar-refractivity contribution in [2.24, 2.45) is 0 Å². The second-order valence-electron chi connectivity index (χ2n) is 34.1. The maximum Gasteiger partial charge on any atom is 0.143 e. The van der Waals surface area contributed by atoms with E-state index in [9.17, 15) is 0 Å². The second-order valence-corrected chi connectivity index (χ2v) is 35.2. The summed E-state index contributed by atoms with van der Waals surface area (Å²) in [6, 6.07) is 156. The number of nitrogens with zero attached hydrogens (tertiary/aromatic N) is 2. The molecule has 0 radical (unpaired) electrons. The molecule has 4 aliphatic carbocycles. The number of para-hydroxylation sites is 1. The maximum atomic E-state index is 7.22. The fourth-order valence-electron chi connectivity index (χ4n) is 21.9. The SMILES string of the molecule is CC1(C)c2ccccc2-c2ccc(N(c3cccc(-c4cc(-c5cccc6c5C(C)(C)c5cc(N(c7cccc(-c8ccc9sc%10ccccc%10c9c8)c7)c7ccc8c(c7)C(c7ccccc7)(c7ccccc7)c7ccccc7-8)ccc5-6)cc5c4oc4ccccc45)c3)c3ccc4c(c3)C(c3ccccc3)(c3ccccc3)c3ccccc3-4)cc21. The molecule has 3 nitrogen and oxygen atoms in total. The van der Waals surface area contributed by atoms with Crippen molar-refractivity contribution in [3.05, 3.63) is 479 Å². The molecule has 18 aromatic carbocycles. The molecule has 120 heavy (non-hydrogen) atoms. The summed E-state index contributed by atoms with van der Waals surface area (Å²) in [4.78, 5) is 5.04. The zero-order valence-corrected chi connectivity index (χ0v) is 67.8. The van der Waals surface area contributed by atoms with Gasteiger partial charge in [-0.3, -0.25) is 0 Å². The molecule has 0 saturated heterocycles. The third-order valence-corrected chi connectivity index (χ3v) is 28.3. The third-order valence-electron chi connectivity index (χ3n) is 27.2. The number of rotatable bonds is 13. The van der Waals surface area contributed by atoms with Crippen molar-refractivity contribution in [1.82, 2.24) is 0 Å². The van der Waals surface area contributed by atoms with Gasteiger partial charge in [0.15, 0.2) is 0 Å².